The third-order valence-electron chi connectivity index (χ3n) is 2.86. The minimum Gasteiger partial charge on any atom is -0.369 e. The molecule has 4 N–H and O–H groups in total. The second-order valence-corrected chi connectivity index (χ2v) is 4.56. The van der Waals surface area contributed by atoms with Crippen LogP contribution in [-0.2, 0) is 0 Å². The first-order valence-electron chi connectivity index (χ1n) is 6.71. The van der Waals surface area contributed by atoms with Crippen molar-refractivity contribution in [3.8, 4) is 0 Å². The molecule has 2 aromatic carbocycles. The van der Waals surface area contributed by atoms with Gasteiger partial charge in [-0.25, -0.2) is 0 Å². The Morgan fingerprint density at radius 1 is 1.04 bits per heavy atom. The highest BCUT2D eigenvalue weighted by atomic mass is 16.6. The van der Waals surface area contributed by atoms with E-state index in [9.17, 15) is 10.1 Å². The summed E-state index contributed by atoms with van der Waals surface area (Å²) in [7, 11) is 0. The number of rotatable bonds is 5. The molecule has 7 heteroatoms. The molecule has 0 amide bonds. The van der Waals surface area contributed by atoms with E-state index in [2.05, 4.69) is 10.2 Å². The Kier molecular flexibility index (Phi) is 5.19. The molecule has 0 saturated carbocycles. The fourth-order valence-electron chi connectivity index (χ4n) is 1.82. The number of hydrogen-bond acceptors (Lipinski definition) is 4. The highest BCUT2D eigenvalue weighted by molar-refractivity contribution is 6.11. The maximum absolute atomic E-state index is 10.9. The summed E-state index contributed by atoms with van der Waals surface area (Å²) >= 11 is 0. The van der Waals surface area contributed by atoms with Gasteiger partial charge in [-0.3, -0.25) is 10.1 Å². The van der Waals surface area contributed by atoms with Crippen LogP contribution < -0.4 is 11.5 Å². The lowest BCUT2D eigenvalue weighted by Crippen LogP contribution is -2.22. The maximum atomic E-state index is 10.9. The Labute approximate surface area is 132 Å². The van der Waals surface area contributed by atoms with Crippen molar-refractivity contribution < 1.29 is 4.92 Å². The first kappa shape index (κ1) is 15.9. The van der Waals surface area contributed by atoms with Crippen molar-refractivity contribution in [3.63, 3.8) is 0 Å². The predicted molar refractivity (Wildman–Crippen MR) is 90.9 cm³/mol. The zero-order chi connectivity index (χ0) is 16.7. The summed E-state index contributed by atoms with van der Waals surface area (Å²) in [5.74, 6) is -0.193. The lowest BCUT2D eigenvalue weighted by Gasteiger charge is -2.01. The molecule has 0 saturated heterocycles. The largest absolute Gasteiger partial charge is 0.369 e. The van der Waals surface area contributed by atoms with Crippen molar-refractivity contribution in [2.24, 2.45) is 21.7 Å². The van der Waals surface area contributed by atoms with Gasteiger partial charge in [-0.15, -0.1) is 10.2 Å². The van der Waals surface area contributed by atoms with Gasteiger partial charge in [-0.1, -0.05) is 48.5 Å². The molecule has 0 aliphatic heterocycles. The highest BCUT2D eigenvalue weighted by Gasteiger charge is 2.08. The Morgan fingerprint density at radius 3 is 2.43 bits per heavy atom. The molecule has 23 heavy (non-hydrogen) atoms. The summed E-state index contributed by atoms with van der Waals surface area (Å²) in [5.41, 5.74) is 12.5. The van der Waals surface area contributed by atoms with E-state index in [-0.39, 0.29) is 11.6 Å². The van der Waals surface area contributed by atoms with Gasteiger partial charge >= 0.3 is 0 Å². The van der Waals surface area contributed by atoms with Gasteiger partial charge in [0, 0.05) is 17.7 Å². The number of nitrogens with two attached hydrogens (primary N) is 2. The van der Waals surface area contributed by atoms with E-state index in [1.54, 1.807) is 18.2 Å². The standard InChI is InChI=1S/C16H15N5O2/c17-16(18)20-19-15(10-9-12-5-2-1-3-6-12)13-7-4-8-14(11-13)21(22)23/h1-11H,(H4,17,18,20)/b10-9+,19-15-. The molecule has 116 valence electrons. The average molecular weight is 309 g/mol. The van der Waals surface area contributed by atoms with Crippen LogP contribution in [0.4, 0.5) is 5.69 Å². The fraction of sp³-hybridized carbons (Fsp3) is 0. The minimum atomic E-state index is -0.470. The SMILES string of the molecule is NC(N)=N/N=C(/C=C/c1ccccc1)c1cccc([N+](=O)[O-])c1. The van der Waals surface area contributed by atoms with Crippen molar-refractivity contribution >= 4 is 23.4 Å². The van der Waals surface area contributed by atoms with Crippen LogP contribution in [0, 0.1) is 10.1 Å². The van der Waals surface area contributed by atoms with E-state index < -0.39 is 4.92 Å². The van der Waals surface area contributed by atoms with Crippen molar-refractivity contribution in [2.75, 3.05) is 0 Å². The Morgan fingerprint density at radius 2 is 1.78 bits per heavy atom. The van der Waals surface area contributed by atoms with E-state index in [1.807, 2.05) is 36.4 Å². The molecule has 0 aliphatic rings. The number of benzene rings is 2. The molecule has 2 aromatic rings. The number of nitro groups is 1. The molecule has 0 fully saturated rings. The fourth-order valence-corrected chi connectivity index (χ4v) is 1.82. The normalized spacial score (nSPS) is 11.4. The predicted octanol–water partition coefficient (Wildman–Crippen LogP) is 2.29. The quantitative estimate of drug-likeness (QED) is 0.381. The number of guanidine groups is 1. The summed E-state index contributed by atoms with van der Waals surface area (Å²) in [5, 5.41) is 18.5. The number of allylic oxidation sites excluding steroid dienone is 1. The van der Waals surface area contributed by atoms with Crippen molar-refractivity contribution in [1.82, 2.24) is 0 Å². The van der Waals surface area contributed by atoms with Crippen LogP contribution in [-0.4, -0.2) is 16.6 Å². The van der Waals surface area contributed by atoms with Gasteiger partial charge in [-0.2, -0.15) is 0 Å². The molecule has 0 spiro atoms. The van der Waals surface area contributed by atoms with Crippen molar-refractivity contribution in [2.45, 2.75) is 0 Å². The minimum absolute atomic E-state index is 0.0342. The second-order valence-electron chi connectivity index (χ2n) is 4.56. The first-order valence-corrected chi connectivity index (χ1v) is 6.71. The monoisotopic (exact) mass is 309 g/mol. The molecule has 0 unspecified atom stereocenters. The lowest BCUT2D eigenvalue weighted by atomic mass is 10.1. The van der Waals surface area contributed by atoms with Gasteiger partial charge < -0.3 is 11.5 Å². The number of hydrogen-bond donors (Lipinski definition) is 2. The number of non-ortho nitro benzene ring substituents is 1. The molecular formula is C16H15N5O2. The van der Waals surface area contributed by atoms with Gasteiger partial charge in [0.15, 0.2) is 0 Å². The number of nitrogens with zero attached hydrogens (tertiary/aromatic N) is 3. The van der Waals surface area contributed by atoms with E-state index in [1.165, 1.54) is 12.1 Å². The van der Waals surface area contributed by atoms with Gasteiger partial charge in [-0.05, 0) is 11.6 Å². The number of nitro benzene ring substituents is 1. The van der Waals surface area contributed by atoms with E-state index >= 15 is 0 Å². The smallest absolute Gasteiger partial charge is 0.270 e. The summed E-state index contributed by atoms with van der Waals surface area (Å²) < 4.78 is 0. The molecule has 0 heterocycles. The zero-order valence-electron chi connectivity index (χ0n) is 12.2. The van der Waals surface area contributed by atoms with E-state index in [0.717, 1.165) is 5.56 Å². The first-order chi connectivity index (χ1) is 11.1. The molecule has 7 nitrogen and oxygen atoms in total. The second kappa shape index (κ2) is 7.51. The van der Waals surface area contributed by atoms with Crippen LogP contribution in [0.3, 0.4) is 0 Å². The van der Waals surface area contributed by atoms with Crippen molar-refractivity contribution in [1.29, 1.82) is 0 Å². The summed E-state index contributed by atoms with van der Waals surface area (Å²) in [6, 6.07) is 15.6. The Bertz CT molecular complexity index is 778. The maximum Gasteiger partial charge on any atom is 0.270 e. The third kappa shape index (κ3) is 4.78. The van der Waals surface area contributed by atoms with Crippen LogP contribution in [0.1, 0.15) is 11.1 Å². The third-order valence-corrected chi connectivity index (χ3v) is 2.86. The average Bonchev–Trinajstić information content (AvgIpc) is 2.55. The summed E-state index contributed by atoms with van der Waals surface area (Å²) in [6.45, 7) is 0. The molecule has 0 bridgehead atoms. The molecular weight excluding hydrogens is 294 g/mol. The van der Waals surface area contributed by atoms with Gasteiger partial charge in [0.05, 0.1) is 10.6 Å². The molecule has 0 aliphatic carbocycles. The topological polar surface area (TPSA) is 120 Å². The van der Waals surface area contributed by atoms with Gasteiger partial charge in [0.2, 0.25) is 5.96 Å². The van der Waals surface area contributed by atoms with Crippen LogP contribution in [0.5, 0.6) is 0 Å². The van der Waals surface area contributed by atoms with Crippen LogP contribution in [0.15, 0.2) is 70.9 Å². The van der Waals surface area contributed by atoms with Gasteiger partial charge in [0.1, 0.15) is 0 Å². The van der Waals surface area contributed by atoms with Crippen LogP contribution in [0.2, 0.25) is 0 Å². The molecule has 0 aromatic heterocycles. The van der Waals surface area contributed by atoms with Gasteiger partial charge in [0.25, 0.3) is 5.69 Å². The lowest BCUT2D eigenvalue weighted by molar-refractivity contribution is -0.384. The van der Waals surface area contributed by atoms with Crippen molar-refractivity contribution in [3.05, 3.63) is 81.9 Å². The van der Waals surface area contributed by atoms with E-state index in [4.69, 9.17) is 11.5 Å². The molecule has 2 rings (SSSR count). The van der Waals surface area contributed by atoms with E-state index in [0.29, 0.717) is 11.3 Å². The molecule has 0 atom stereocenters. The van der Waals surface area contributed by atoms with Crippen LogP contribution in [0.25, 0.3) is 6.08 Å². The summed E-state index contributed by atoms with van der Waals surface area (Å²) in [4.78, 5) is 10.4. The Balaban J connectivity index is 2.41. The summed E-state index contributed by atoms with van der Waals surface area (Å²) in [6.07, 6.45) is 3.51. The molecule has 0 radical (unpaired) electrons. The zero-order valence-corrected chi connectivity index (χ0v) is 12.2. The highest BCUT2D eigenvalue weighted by Crippen LogP contribution is 2.15. The van der Waals surface area contributed by atoms with Crippen LogP contribution >= 0.6 is 0 Å². The Hall–Kier alpha value is -3.48.